The van der Waals surface area contributed by atoms with E-state index < -0.39 is 0 Å². The first-order valence-corrected chi connectivity index (χ1v) is 10.1. The number of piperazine rings is 1. The molecule has 1 amide bonds. The molecule has 30 heavy (non-hydrogen) atoms. The van der Waals surface area contributed by atoms with Gasteiger partial charge in [0.25, 0.3) is 5.91 Å². The smallest absolute Gasteiger partial charge is 0.260 e. The summed E-state index contributed by atoms with van der Waals surface area (Å²) in [6.07, 6.45) is 0. The molecule has 0 unspecified atom stereocenters. The van der Waals surface area contributed by atoms with Crippen LogP contribution in [0.3, 0.4) is 0 Å². The summed E-state index contributed by atoms with van der Waals surface area (Å²) < 4.78 is 21.6. The van der Waals surface area contributed by atoms with E-state index >= 15 is 0 Å². The first-order valence-electron chi connectivity index (χ1n) is 9.72. The molecular formula is C22H27ClN2O5. The minimum absolute atomic E-state index is 0.0524. The minimum Gasteiger partial charge on any atom is -0.493 e. The van der Waals surface area contributed by atoms with Gasteiger partial charge in [-0.3, -0.25) is 9.69 Å². The number of nitrogens with zero attached hydrogens (tertiary/aromatic N) is 2. The zero-order valence-electron chi connectivity index (χ0n) is 17.5. The van der Waals surface area contributed by atoms with Gasteiger partial charge in [-0.2, -0.15) is 0 Å². The number of carbonyl (C=O) groups is 1. The van der Waals surface area contributed by atoms with Gasteiger partial charge in [-0.15, -0.1) is 0 Å². The quantitative estimate of drug-likeness (QED) is 0.636. The van der Waals surface area contributed by atoms with Crippen LogP contribution >= 0.6 is 11.6 Å². The van der Waals surface area contributed by atoms with E-state index in [0.29, 0.717) is 36.1 Å². The number of rotatable bonds is 8. The molecule has 162 valence electrons. The van der Waals surface area contributed by atoms with Crippen LogP contribution in [0.4, 0.5) is 0 Å². The first-order chi connectivity index (χ1) is 14.5. The Morgan fingerprint density at radius 2 is 1.60 bits per heavy atom. The Bertz CT molecular complexity index is 843. The Morgan fingerprint density at radius 1 is 0.967 bits per heavy atom. The fourth-order valence-corrected chi connectivity index (χ4v) is 3.60. The molecule has 0 saturated carbocycles. The standard InChI is InChI=1S/C22H27ClN2O5/c1-27-19-12-17(13-20(28-2)22(19)29-3)30-15-21(26)25-10-8-24(9-11-25)14-16-6-4-5-7-18(16)23/h4-7,12-13H,8-11,14-15H2,1-3H3. The Kier molecular flexibility index (Phi) is 7.65. The maximum Gasteiger partial charge on any atom is 0.260 e. The van der Waals surface area contributed by atoms with Crippen molar-refractivity contribution in [3.63, 3.8) is 0 Å². The van der Waals surface area contributed by atoms with Crippen molar-refractivity contribution < 1.29 is 23.7 Å². The molecule has 0 aromatic heterocycles. The molecule has 0 atom stereocenters. The zero-order chi connectivity index (χ0) is 21.5. The summed E-state index contributed by atoms with van der Waals surface area (Å²) in [5.41, 5.74) is 1.10. The third-order valence-electron chi connectivity index (χ3n) is 5.08. The van der Waals surface area contributed by atoms with Crippen molar-refractivity contribution in [1.82, 2.24) is 9.80 Å². The summed E-state index contributed by atoms with van der Waals surface area (Å²) in [7, 11) is 4.61. The summed E-state index contributed by atoms with van der Waals surface area (Å²) in [4.78, 5) is 16.7. The molecule has 8 heteroatoms. The average Bonchev–Trinajstić information content (AvgIpc) is 2.78. The molecule has 0 radical (unpaired) electrons. The fraction of sp³-hybridized carbons (Fsp3) is 0.409. The molecule has 1 aliphatic heterocycles. The van der Waals surface area contributed by atoms with E-state index in [-0.39, 0.29) is 12.5 Å². The monoisotopic (exact) mass is 434 g/mol. The summed E-state index contributed by atoms with van der Waals surface area (Å²) in [6.45, 7) is 3.62. The molecule has 2 aromatic carbocycles. The van der Waals surface area contributed by atoms with E-state index in [2.05, 4.69) is 4.90 Å². The number of amides is 1. The summed E-state index contributed by atoms with van der Waals surface area (Å²) in [6, 6.07) is 11.2. The third kappa shape index (κ3) is 5.29. The van der Waals surface area contributed by atoms with Gasteiger partial charge in [0.15, 0.2) is 18.1 Å². The third-order valence-corrected chi connectivity index (χ3v) is 5.45. The molecular weight excluding hydrogens is 408 g/mol. The van der Waals surface area contributed by atoms with Crippen LogP contribution in [-0.4, -0.2) is 69.8 Å². The van der Waals surface area contributed by atoms with Gasteiger partial charge in [-0.1, -0.05) is 29.8 Å². The highest BCUT2D eigenvalue weighted by atomic mass is 35.5. The van der Waals surface area contributed by atoms with E-state index in [1.165, 1.54) is 21.3 Å². The lowest BCUT2D eigenvalue weighted by Crippen LogP contribution is -2.49. The van der Waals surface area contributed by atoms with Crippen molar-refractivity contribution in [3.8, 4) is 23.0 Å². The SMILES string of the molecule is COc1cc(OCC(=O)N2CCN(Cc3ccccc3Cl)CC2)cc(OC)c1OC. The van der Waals surface area contributed by atoms with Gasteiger partial charge >= 0.3 is 0 Å². The number of benzene rings is 2. The van der Waals surface area contributed by atoms with Gasteiger partial charge in [0, 0.05) is 49.9 Å². The minimum atomic E-state index is -0.0545. The summed E-state index contributed by atoms with van der Waals surface area (Å²) in [5, 5.41) is 0.773. The molecule has 1 fully saturated rings. The van der Waals surface area contributed by atoms with Gasteiger partial charge in [-0.05, 0) is 11.6 Å². The predicted molar refractivity (Wildman–Crippen MR) is 115 cm³/mol. The number of hydrogen-bond acceptors (Lipinski definition) is 6. The maximum atomic E-state index is 12.6. The van der Waals surface area contributed by atoms with Crippen molar-refractivity contribution in [2.45, 2.75) is 6.54 Å². The van der Waals surface area contributed by atoms with Gasteiger partial charge < -0.3 is 23.8 Å². The summed E-state index contributed by atoms with van der Waals surface area (Å²) >= 11 is 6.25. The van der Waals surface area contributed by atoms with Crippen LogP contribution in [0.15, 0.2) is 36.4 Å². The van der Waals surface area contributed by atoms with Gasteiger partial charge in [0.05, 0.1) is 21.3 Å². The Balaban J connectivity index is 1.52. The molecule has 2 aromatic rings. The van der Waals surface area contributed by atoms with Crippen molar-refractivity contribution in [2.24, 2.45) is 0 Å². The number of carbonyl (C=O) groups excluding carboxylic acids is 1. The van der Waals surface area contributed by atoms with Crippen LogP contribution in [0.5, 0.6) is 23.0 Å². The lowest BCUT2D eigenvalue weighted by atomic mass is 10.2. The zero-order valence-corrected chi connectivity index (χ0v) is 18.3. The molecule has 1 heterocycles. The second-order valence-electron chi connectivity index (χ2n) is 6.90. The van der Waals surface area contributed by atoms with E-state index in [0.717, 1.165) is 30.2 Å². The highest BCUT2D eigenvalue weighted by Crippen LogP contribution is 2.40. The number of methoxy groups -OCH3 is 3. The van der Waals surface area contributed by atoms with Crippen molar-refractivity contribution in [1.29, 1.82) is 0 Å². The molecule has 7 nitrogen and oxygen atoms in total. The molecule has 0 N–H and O–H groups in total. The highest BCUT2D eigenvalue weighted by Gasteiger charge is 2.22. The predicted octanol–water partition coefficient (Wildman–Crippen LogP) is 3.09. The second-order valence-corrected chi connectivity index (χ2v) is 7.31. The normalized spacial score (nSPS) is 14.3. The molecule has 3 rings (SSSR count). The molecule has 0 spiro atoms. The fourth-order valence-electron chi connectivity index (χ4n) is 3.40. The van der Waals surface area contributed by atoms with E-state index in [1.807, 2.05) is 29.2 Å². The van der Waals surface area contributed by atoms with E-state index in [9.17, 15) is 4.79 Å². The number of ether oxygens (including phenoxy) is 4. The first kappa shape index (κ1) is 22.1. The van der Waals surface area contributed by atoms with E-state index in [4.69, 9.17) is 30.5 Å². The second kappa shape index (κ2) is 10.4. The van der Waals surface area contributed by atoms with Crippen molar-refractivity contribution >= 4 is 17.5 Å². The largest absolute Gasteiger partial charge is 0.493 e. The number of halogens is 1. The maximum absolute atomic E-state index is 12.6. The van der Waals surface area contributed by atoms with E-state index in [1.54, 1.807) is 12.1 Å². The molecule has 1 aliphatic rings. The van der Waals surface area contributed by atoms with Crippen LogP contribution in [0, 0.1) is 0 Å². The Morgan fingerprint density at radius 3 is 2.17 bits per heavy atom. The van der Waals surface area contributed by atoms with Crippen molar-refractivity contribution in [3.05, 3.63) is 47.0 Å². The van der Waals surface area contributed by atoms with Gasteiger partial charge in [0.1, 0.15) is 5.75 Å². The van der Waals surface area contributed by atoms with Crippen LogP contribution < -0.4 is 18.9 Å². The average molecular weight is 435 g/mol. The highest BCUT2D eigenvalue weighted by molar-refractivity contribution is 6.31. The van der Waals surface area contributed by atoms with Gasteiger partial charge in [0.2, 0.25) is 5.75 Å². The number of hydrogen-bond donors (Lipinski definition) is 0. The molecule has 1 saturated heterocycles. The molecule has 0 bridgehead atoms. The topological polar surface area (TPSA) is 60.5 Å². The summed E-state index contributed by atoms with van der Waals surface area (Å²) in [5.74, 6) is 1.87. The van der Waals surface area contributed by atoms with Crippen LogP contribution in [0.1, 0.15) is 5.56 Å². The lowest BCUT2D eigenvalue weighted by Gasteiger charge is -2.34. The Hall–Kier alpha value is -2.64. The van der Waals surface area contributed by atoms with Crippen LogP contribution in [-0.2, 0) is 11.3 Å². The van der Waals surface area contributed by atoms with Gasteiger partial charge in [-0.25, -0.2) is 0 Å². The molecule has 0 aliphatic carbocycles. The lowest BCUT2D eigenvalue weighted by molar-refractivity contribution is -0.135. The van der Waals surface area contributed by atoms with Crippen molar-refractivity contribution in [2.75, 3.05) is 54.1 Å². The Labute approximate surface area is 182 Å². The van der Waals surface area contributed by atoms with Crippen LogP contribution in [0.2, 0.25) is 5.02 Å². The van der Waals surface area contributed by atoms with Crippen LogP contribution in [0.25, 0.3) is 0 Å².